The topological polar surface area (TPSA) is 39.4 Å². The van der Waals surface area contributed by atoms with Gasteiger partial charge >= 0.3 is 11.8 Å². The summed E-state index contributed by atoms with van der Waals surface area (Å²) in [5.41, 5.74) is 2.10. The molecular weight excluding hydrogens is 333 g/mol. The van der Waals surface area contributed by atoms with Crippen LogP contribution in [-0.4, -0.2) is 12.3 Å². The third kappa shape index (κ3) is 3.52. The van der Waals surface area contributed by atoms with E-state index in [9.17, 15) is 18.0 Å². The van der Waals surface area contributed by atoms with Crippen molar-refractivity contribution in [2.75, 3.05) is 0 Å². The fourth-order valence-corrected chi connectivity index (χ4v) is 2.59. The predicted octanol–water partition coefficient (Wildman–Crippen LogP) is 5.10. The summed E-state index contributed by atoms with van der Waals surface area (Å²) in [6.07, 6.45) is -6.44. The fourth-order valence-electron chi connectivity index (χ4n) is 2.59. The maximum Gasteiger partial charge on any atom is 0.425 e. The number of benzene rings is 2. The Balaban J connectivity index is 2.11. The van der Waals surface area contributed by atoms with Gasteiger partial charge in [-0.25, -0.2) is 4.79 Å². The average Bonchev–Trinajstić information content (AvgIpc) is 2.53. The molecule has 1 unspecified atom stereocenters. The first kappa shape index (κ1) is 17.1. The molecule has 0 spiro atoms. The van der Waals surface area contributed by atoms with Gasteiger partial charge in [0.05, 0.1) is 0 Å². The van der Waals surface area contributed by atoms with Crippen LogP contribution in [0.1, 0.15) is 12.5 Å². The fraction of sp³-hybridized carbons (Fsp3) is 0.211. The van der Waals surface area contributed by atoms with Crippen LogP contribution in [0.15, 0.2) is 57.7 Å². The number of alkyl halides is 3. The highest BCUT2D eigenvalue weighted by molar-refractivity contribution is 5.94. The molecule has 0 fully saturated rings. The van der Waals surface area contributed by atoms with E-state index in [1.165, 1.54) is 18.2 Å². The van der Waals surface area contributed by atoms with Gasteiger partial charge in [-0.1, -0.05) is 24.3 Å². The molecule has 0 saturated heterocycles. The van der Waals surface area contributed by atoms with Crippen LogP contribution in [0.3, 0.4) is 0 Å². The third-order valence-corrected chi connectivity index (χ3v) is 3.93. The number of hydrogen-bond acceptors (Lipinski definition) is 3. The number of hydrogen-bond donors (Lipinski definition) is 0. The van der Waals surface area contributed by atoms with Gasteiger partial charge in [-0.05, 0) is 37.1 Å². The lowest BCUT2D eigenvalue weighted by molar-refractivity contribution is -0.189. The number of aryl methyl sites for hydroxylation is 1. The zero-order chi connectivity index (χ0) is 18.2. The van der Waals surface area contributed by atoms with E-state index < -0.39 is 17.9 Å². The van der Waals surface area contributed by atoms with Gasteiger partial charge in [0.1, 0.15) is 11.3 Å². The van der Waals surface area contributed by atoms with Crippen LogP contribution >= 0.6 is 0 Å². The molecule has 3 nitrogen and oxygen atoms in total. The van der Waals surface area contributed by atoms with Gasteiger partial charge < -0.3 is 9.15 Å². The second-order valence-electron chi connectivity index (χ2n) is 5.75. The number of fused-ring (bicyclic) bond motifs is 1. The highest BCUT2D eigenvalue weighted by atomic mass is 19.4. The second kappa shape index (κ2) is 6.27. The molecule has 3 rings (SSSR count). The molecule has 0 N–H and O–H groups in total. The van der Waals surface area contributed by atoms with E-state index >= 15 is 0 Å². The molecule has 6 heteroatoms. The summed E-state index contributed by atoms with van der Waals surface area (Å²) in [6.45, 7) is 2.84. The molecule has 1 atom stereocenters. The normalized spacial score (nSPS) is 13.0. The van der Waals surface area contributed by atoms with Gasteiger partial charge in [0.15, 0.2) is 6.10 Å². The Kier molecular flexibility index (Phi) is 4.29. The van der Waals surface area contributed by atoms with E-state index in [0.29, 0.717) is 10.9 Å². The van der Waals surface area contributed by atoms with Crippen molar-refractivity contribution in [3.8, 4) is 16.9 Å². The molecule has 0 aliphatic carbocycles. The molecule has 0 radical (unpaired) electrons. The number of ether oxygens (including phenoxy) is 1. The first-order chi connectivity index (χ1) is 11.8. The summed E-state index contributed by atoms with van der Waals surface area (Å²) < 4.78 is 48.0. The van der Waals surface area contributed by atoms with Crippen molar-refractivity contribution in [1.29, 1.82) is 0 Å². The standard InChI is InChI=1S/C19H15F3O3/c1-11-5-3-4-6-14(11)16-10-18(23)25-17-9-13(7-8-15(16)17)24-12(2)19(20,21)22/h3-10,12H,1-2H3. The molecule has 0 amide bonds. The van der Waals surface area contributed by atoms with Crippen LogP contribution in [-0.2, 0) is 0 Å². The molecule has 0 saturated carbocycles. The van der Waals surface area contributed by atoms with Crippen LogP contribution < -0.4 is 10.4 Å². The van der Waals surface area contributed by atoms with Crippen LogP contribution in [0, 0.1) is 6.92 Å². The Bertz CT molecular complexity index is 974. The zero-order valence-corrected chi connectivity index (χ0v) is 13.6. The summed E-state index contributed by atoms with van der Waals surface area (Å²) >= 11 is 0. The van der Waals surface area contributed by atoms with Crippen LogP contribution in [0.25, 0.3) is 22.1 Å². The molecule has 1 heterocycles. The summed E-state index contributed by atoms with van der Waals surface area (Å²) in [6, 6.07) is 13.2. The summed E-state index contributed by atoms with van der Waals surface area (Å²) in [7, 11) is 0. The Hall–Kier alpha value is -2.76. The van der Waals surface area contributed by atoms with E-state index in [1.54, 1.807) is 6.07 Å². The summed E-state index contributed by atoms with van der Waals surface area (Å²) in [5, 5.41) is 0.626. The number of halogens is 3. The van der Waals surface area contributed by atoms with Crippen molar-refractivity contribution in [1.82, 2.24) is 0 Å². The van der Waals surface area contributed by atoms with Gasteiger partial charge in [0, 0.05) is 23.1 Å². The van der Waals surface area contributed by atoms with Gasteiger partial charge in [0.2, 0.25) is 0 Å². The van der Waals surface area contributed by atoms with E-state index in [0.717, 1.165) is 18.1 Å². The van der Waals surface area contributed by atoms with E-state index in [1.807, 2.05) is 31.2 Å². The highest BCUT2D eigenvalue weighted by Crippen LogP contribution is 2.32. The molecule has 0 bridgehead atoms. The zero-order valence-electron chi connectivity index (χ0n) is 13.6. The Morgan fingerprint density at radius 1 is 1.04 bits per heavy atom. The highest BCUT2D eigenvalue weighted by Gasteiger charge is 2.38. The van der Waals surface area contributed by atoms with E-state index in [4.69, 9.17) is 9.15 Å². The first-order valence-corrected chi connectivity index (χ1v) is 7.63. The predicted molar refractivity (Wildman–Crippen MR) is 88.8 cm³/mol. The second-order valence-corrected chi connectivity index (χ2v) is 5.75. The third-order valence-electron chi connectivity index (χ3n) is 3.93. The molecule has 130 valence electrons. The van der Waals surface area contributed by atoms with E-state index in [-0.39, 0.29) is 11.3 Å². The largest absolute Gasteiger partial charge is 0.481 e. The van der Waals surface area contributed by atoms with Crippen LogP contribution in [0.4, 0.5) is 13.2 Å². The Morgan fingerprint density at radius 3 is 2.44 bits per heavy atom. The lowest BCUT2D eigenvalue weighted by Gasteiger charge is -2.18. The Labute approximate surface area is 141 Å². The average molecular weight is 348 g/mol. The van der Waals surface area contributed by atoms with Gasteiger partial charge in [-0.15, -0.1) is 0 Å². The van der Waals surface area contributed by atoms with E-state index in [2.05, 4.69) is 0 Å². The smallest absolute Gasteiger partial charge is 0.425 e. The van der Waals surface area contributed by atoms with Gasteiger partial charge in [-0.2, -0.15) is 13.2 Å². The van der Waals surface area contributed by atoms with Crippen molar-refractivity contribution >= 4 is 11.0 Å². The lowest BCUT2D eigenvalue weighted by Crippen LogP contribution is -2.31. The van der Waals surface area contributed by atoms with Crippen LogP contribution in [0.5, 0.6) is 5.75 Å². The monoisotopic (exact) mass is 348 g/mol. The molecule has 2 aromatic carbocycles. The first-order valence-electron chi connectivity index (χ1n) is 7.63. The van der Waals surface area contributed by atoms with Crippen molar-refractivity contribution in [2.24, 2.45) is 0 Å². The molecule has 3 aromatic rings. The van der Waals surface area contributed by atoms with Crippen LogP contribution in [0.2, 0.25) is 0 Å². The van der Waals surface area contributed by atoms with Crippen molar-refractivity contribution in [3.05, 3.63) is 64.5 Å². The maximum atomic E-state index is 12.6. The molecule has 1 aromatic heterocycles. The van der Waals surface area contributed by atoms with Gasteiger partial charge in [-0.3, -0.25) is 0 Å². The summed E-state index contributed by atoms with van der Waals surface area (Å²) in [4.78, 5) is 11.9. The minimum absolute atomic E-state index is 0.0117. The Morgan fingerprint density at radius 2 is 1.76 bits per heavy atom. The molecule has 0 aliphatic rings. The maximum absolute atomic E-state index is 12.6. The molecule has 25 heavy (non-hydrogen) atoms. The number of rotatable bonds is 3. The quantitative estimate of drug-likeness (QED) is 0.618. The minimum Gasteiger partial charge on any atom is -0.481 e. The van der Waals surface area contributed by atoms with Crippen molar-refractivity contribution in [3.63, 3.8) is 0 Å². The summed E-state index contributed by atoms with van der Waals surface area (Å²) in [5.74, 6) is -0.0117. The minimum atomic E-state index is -4.47. The molecular formula is C19H15F3O3. The molecule has 0 aliphatic heterocycles. The SMILES string of the molecule is Cc1ccccc1-c1cc(=O)oc2cc(OC(C)C(F)(F)F)ccc12. The lowest BCUT2D eigenvalue weighted by atomic mass is 9.98. The van der Waals surface area contributed by atoms with Gasteiger partial charge in [0.25, 0.3) is 0 Å². The van der Waals surface area contributed by atoms with Crippen molar-refractivity contribution < 1.29 is 22.3 Å². The van der Waals surface area contributed by atoms with Crippen molar-refractivity contribution in [2.45, 2.75) is 26.1 Å².